The van der Waals surface area contributed by atoms with E-state index in [4.69, 9.17) is 10.6 Å². The summed E-state index contributed by atoms with van der Waals surface area (Å²) in [6.45, 7) is 0. The first-order valence-electron chi connectivity index (χ1n) is 7.53. The second-order valence-electron chi connectivity index (χ2n) is 6.10. The summed E-state index contributed by atoms with van der Waals surface area (Å²) in [6, 6.07) is 5.49. The Bertz CT molecular complexity index is 468. The maximum absolute atomic E-state index is 14.2. The highest BCUT2D eigenvalue weighted by Gasteiger charge is 2.53. The van der Waals surface area contributed by atoms with Gasteiger partial charge in [0.15, 0.2) is 11.6 Å². The summed E-state index contributed by atoms with van der Waals surface area (Å²) in [7, 11) is 1.50. The molecule has 0 aliphatic heterocycles. The van der Waals surface area contributed by atoms with E-state index < -0.39 is 0 Å². The third kappa shape index (κ3) is 2.42. The van der Waals surface area contributed by atoms with Crippen LogP contribution < -0.4 is 16.0 Å². The van der Waals surface area contributed by atoms with Crippen molar-refractivity contribution in [3.63, 3.8) is 0 Å². The number of hydrogen-bond donors (Lipinski definition) is 2. The van der Waals surface area contributed by atoms with Crippen LogP contribution in [0.4, 0.5) is 4.39 Å². The predicted octanol–water partition coefficient (Wildman–Crippen LogP) is 2.64. The van der Waals surface area contributed by atoms with Crippen molar-refractivity contribution in [2.45, 2.75) is 38.1 Å². The first kappa shape index (κ1) is 13.8. The van der Waals surface area contributed by atoms with Crippen LogP contribution in [-0.4, -0.2) is 13.2 Å². The van der Waals surface area contributed by atoms with Crippen molar-refractivity contribution in [2.24, 2.45) is 23.6 Å². The molecule has 3 nitrogen and oxygen atoms in total. The number of nitrogens with one attached hydrogen (secondary N) is 1. The quantitative estimate of drug-likeness (QED) is 0.643. The molecule has 1 aromatic carbocycles. The number of fused-ring (bicyclic) bond motifs is 1. The molecular formula is C16H23FN2O. The lowest BCUT2D eigenvalue weighted by Gasteiger charge is -2.17. The zero-order valence-corrected chi connectivity index (χ0v) is 11.9. The van der Waals surface area contributed by atoms with Crippen molar-refractivity contribution in [2.75, 3.05) is 7.11 Å². The van der Waals surface area contributed by atoms with Crippen molar-refractivity contribution in [1.82, 2.24) is 5.43 Å². The highest BCUT2D eigenvalue weighted by Crippen LogP contribution is 2.57. The number of nitrogens with two attached hydrogens (primary N) is 1. The van der Waals surface area contributed by atoms with Crippen LogP contribution in [0.15, 0.2) is 18.2 Å². The SMILES string of the molecule is COc1cccc(CC(NN)C2C3CCCCC32)c1F. The molecule has 20 heavy (non-hydrogen) atoms. The van der Waals surface area contributed by atoms with Gasteiger partial charge in [-0.15, -0.1) is 0 Å². The van der Waals surface area contributed by atoms with Crippen LogP contribution in [0.5, 0.6) is 5.75 Å². The van der Waals surface area contributed by atoms with E-state index in [-0.39, 0.29) is 11.9 Å². The van der Waals surface area contributed by atoms with Gasteiger partial charge in [0.2, 0.25) is 0 Å². The van der Waals surface area contributed by atoms with Crippen LogP contribution in [0.25, 0.3) is 0 Å². The monoisotopic (exact) mass is 278 g/mol. The fourth-order valence-corrected chi connectivity index (χ4v) is 4.06. The lowest BCUT2D eigenvalue weighted by molar-refractivity contribution is 0.379. The first-order valence-corrected chi connectivity index (χ1v) is 7.53. The van der Waals surface area contributed by atoms with Crippen LogP contribution in [0.2, 0.25) is 0 Å². The maximum atomic E-state index is 14.2. The number of hydrazine groups is 1. The summed E-state index contributed by atoms with van der Waals surface area (Å²) < 4.78 is 19.3. The van der Waals surface area contributed by atoms with Gasteiger partial charge in [0.25, 0.3) is 0 Å². The van der Waals surface area contributed by atoms with Crippen molar-refractivity contribution < 1.29 is 9.13 Å². The number of rotatable bonds is 5. The fourth-order valence-electron chi connectivity index (χ4n) is 4.06. The molecule has 0 spiro atoms. The summed E-state index contributed by atoms with van der Waals surface area (Å²) in [4.78, 5) is 0. The van der Waals surface area contributed by atoms with Gasteiger partial charge >= 0.3 is 0 Å². The summed E-state index contributed by atoms with van der Waals surface area (Å²) in [5.41, 5.74) is 3.62. The molecule has 110 valence electrons. The van der Waals surface area contributed by atoms with Gasteiger partial charge in [0.1, 0.15) is 0 Å². The van der Waals surface area contributed by atoms with E-state index in [2.05, 4.69) is 5.43 Å². The second-order valence-corrected chi connectivity index (χ2v) is 6.10. The molecule has 3 unspecified atom stereocenters. The van der Waals surface area contributed by atoms with Crippen LogP contribution in [0, 0.1) is 23.6 Å². The van der Waals surface area contributed by atoms with Crippen LogP contribution in [-0.2, 0) is 6.42 Å². The normalized spacial score (nSPS) is 29.6. The molecule has 2 fully saturated rings. The molecular weight excluding hydrogens is 255 g/mol. The van der Waals surface area contributed by atoms with Crippen molar-refractivity contribution in [3.05, 3.63) is 29.6 Å². The van der Waals surface area contributed by atoms with Gasteiger partial charge in [-0.3, -0.25) is 11.3 Å². The van der Waals surface area contributed by atoms with Gasteiger partial charge in [-0.1, -0.05) is 25.0 Å². The highest BCUT2D eigenvalue weighted by atomic mass is 19.1. The maximum Gasteiger partial charge on any atom is 0.168 e. The summed E-state index contributed by atoms with van der Waals surface area (Å²) >= 11 is 0. The molecule has 1 aromatic rings. The average molecular weight is 278 g/mol. The molecule has 0 amide bonds. The standard InChI is InChI=1S/C16H23FN2O/c1-20-14-8-4-5-10(16(14)17)9-13(19-18)15-11-6-2-3-7-12(11)15/h4-5,8,11-13,15,19H,2-3,6-7,9,18H2,1H3. The summed E-state index contributed by atoms with van der Waals surface area (Å²) in [5.74, 6) is 8.02. The number of methoxy groups -OCH3 is 1. The molecule has 3 rings (SSSR count). The van der Waals surface area contributed by atoms with E-state index in [9.17, 15) is 4.39 Å². The zero-order valence-electron chi connectivity index (χ0n) is 11.9. The Hall–Kier alpha value is -1.13. The van der Waals surface area contributed by atoms with Crippen molar-refractivity contribution in [3.8, 4) is 5.75 Å². The smallest absolute Gasteiger partial charge is 0.168 e. The van der Waals surface area contributed by atoms with Gasteiger partial charge in [0.05, 0.1) is 7.11 Å². The molecule has 0 saturated heterocycles. The molecule has 3 atom stereocenters. The number of ether oxygens (including phenoxy) is 1. The second kappa shape index (κ2) is 5.70. The van der Waals surface area contributed by atoms with E-state index in [1.54, 1.807) is 6.07 Å². The van der Waals surface area contributed by atoms with Crippen molar-refractivity contribution in [1.29, 1.82) is 0 Å². The van der Waals surface area contributed by atoms with Gasteiger partial charge < -0.3 is 4.74 Å². The minimum absolute atomic E-state index is 0.171. The molecule has 0 radical (unpaired) electrons. The van der Waals surface area contributed by atoms with E-state index >= 15 is 0 Å². The van der Waals surface area contributed by atoms with Crippen LogP contribution in [0.3, 0.4) is 0 Å². The molecule has 2 saturated carbocycles. The van der Waals surface area contributed by atoms with E-state index in [1.807, 2.05) is 12.1 Å². The van der Waals surface area contributed by atoms with E-state index in [0.717, 1.165) is 11.8 Å². The number of benzene rings is 1. The Labute approximate surface area is 119 Å². The molecule has 2 aliphatic rings. The van der Waals surface area contributed by atoms with E-state index in [0.29, 0.717) is 23.7 Å². The Morgan fingerprint density at radius 2 is 2.05 bits per heavy atom. The topological polar surface area (TPSA) is 47.3 Å². The summed E-state index contributed by atoms with van der Waals surface area (Å²) in [5, 5.41) is 0. The lowest BCUT2D eigenvalue weighted by atomic mass is 9.99. The van der Waals surface area contributed by atoms with Gasteiger partial charge in [-0.25, -0.2) is 4.39 Å². The average Bonchev–Trinajstić information content (AvgIpc) is 3.20. The van der Waals surface area contributed by atoms with Gasteiger partial charge in [-0.05, 0) is 48.6 Å². The molecule has 0 aromatic heterocycles. The third-order valence-electron chi connectivity index (χ3n) is 5.10. The Morgan fingerprint density at radius 1 is 1.35 bits per heavy atom. The Morgan fingerprint density at radius 3 is 2.65 bits per heavy atom. The van der Waals surface area contributed by atoms with Gasteiger partial charge in [-0.2, -0.15) is 0 Å². The molecule has 0 heterocycles. The zero-order chi connectivity index (χ0) is 14.1. The first-order chi connectivity index (χ1) is 9.76. The molecule has 2 aliphatic carbocycles. The largest absolute Gasteiger partial charge is 0.494 e. The fraction of sp³-hybridized carbons (Fsp3) is 0.625. The van der Waals surface area contributed by atoms with Crippen molar-refractivity contribution >= 4 is 0 Å². The van der Waals surface area contributed by atoms with Gasteiger partial charge in [0, 0.05) is 6.04 Å². The van der Waals surface area contributed by atoms with E-state index in [1.165, 1.54) is 32.8 Å². The number of halogens is 1. The molecule has 3 N–H and O–H groups in total. The molecule has 4 heteroatoms. The predicted molar refractivity (Wildman–Crippen MR) is 76.7 cm³/mol. The highest BCUT2D eigenvalue weighted by molar-refractivity contribution is 5.32. The summed E-state index contributed by atoms with van der Waals surface area (Å²) in [6.07, 6.45) is 5.93. The Kier molecular flexibility index (Phi) is 3.94. The van der Waals surface area contributed by atoms with Crippen LogP contribution in [0.1, 0.15) is 31.2 Å². The van der Waals surface area contributed by atoms with Crippen LogP contribution >= 0.6 is 0 Å². The third-order valence-corrected chi connectivity index (χ3v) is 5.10. The lowest BCUT2D eigenvalue weighted by Crippen LogP contribution is -2.39. The number of hydrogen-bond acceptors (Lipinski definition) is 3. The Balaban J connectivity index is 1.72. The molecule has 0 bridgehead atoms. The minimum Gasteiger partial charge on any atom is -0.494 e. The minimum atomic E-state index is -0.251.